The van der Waals surface area contributed by atoms with E-state index in [0.29, 0.717) is 10.2 Å². The number of anilines is 1. The van der Waals surface area contributed by atoms with Crippen molar-refractivity contribution in [1.82, 2.24) is 4.98 Å². The van der Waals surface area contributed by atoms with Gasteiger partial charge in [0.15, 0.2) is 0 Å². The second-order valence-corrected chi connectivity index (χ2v) is 3.50. The van der Waals surface area contributed by atoms with Gasteiger partial charge < -0.3 is 5.32 Å². The largest absolute Gasteiger partial charge is 0.390 e. The zero-order chi connectivity index (χ0) is 10.6. The van der Waals surface area contributed by atoms with Gasteiger partial charge in [0.2, 0.25) is 0 Å². The summed E-state index contributed by atoms with van der Waals surface area (Å²) in [5.41, 5.74) is 0.615. The number of nitrogens with zero attached hydrogens (tertiary/aromatic N) is 1. The minimum atomic E-state index is -4.12. The van der Waals surface area contributed by atoms with Gasteiger partial charge in [0.05, 0.1) is 16.6 Å². The van der Waals surface area contributed by atoms with Gasteiger partial charge >= 0.3 is 6.18 Å². The van der Waals surface area contributed by atoms with Crippen LogP contribution >= 0.6 is 15.9 Å². The molecule has 0 aliphatic heterocycles. The van der Waals surface area contributed by atoms with Crippen LogP contribution in [0.5, 0.6) is 0 Å². The Morgan fingerprint density at radius 1 is 1.43 bits per heavy atom. The number of hydrogen-bond donors (Lipinski definition) is 1. The number of halogens is 4. The maximum absolute atomic E-state index is 11.8. The van der Waals surface area contributed by atoms with Crippen LogP contribution in [0.15, 0.2) is 22.9 Å². The monoisotopic (exact) mass is 268 g/mol. The molecular formula is C8H8BrF3N2. The number of aromatic nitrogens is 1. The summed E-state index contributed by atoms with van der Waals surface area (Å²) in [6, 6.07) is 1.61. The van der Waals surface area contributed by atoms with Crippen LogP contribution in [-0.4, -0.2) is 17.7 Å². The van der Waals surface area contributed by atoms with Crippen molar-refractivity contribution >= 4 is 21.6 Å². The second-order valence-electron chi connectivity index (χ2n) is 2.65. The first kappa shape index (κ1) is 11.3. The molecule has 1 heterocycles. The lowest BCUT2D eigenvalue weighted by Gasteiger charge is -2.09. The van der Waals surface area contributed by atoms with Gasteiger partial charge in [-0.15, -0.1) is 0 Å². The maximum atomic E-state index is 11.8. The standard InChI is InChI=1S/C8H8BrF3N2/c9-6-5-13-3-1-7(6)14-4-2-8(10,11)12/h1,3,5H,2,4H2,(H,13,14). The maximum Gasteiger partial charge on any atom is 0.390 e. The zero-order valence-electron chi connectivity index (χ0n) is 7.11. The molecule has 1 aromatic rings. The molecule has 0 aliphatic carbocycles. The van der Waals surface area contributed by atoms with Gasteiger partial charge in [-0.1, -0.05) is 0 Å². The molecule has 0 bridgehead atoms. The third kappa shape index (κ3) is 3.95. The molecule has 78 valence electrons. The van der Waals surface area contributed by atoms with Gasteiger partial charge in [-0.05, 0) is 22.0 Å². The van der Waals surface area contributed by atoms with Crippen molar-refractivity contribution in [3.8, 4) is 0 Å². The Morgan fingerprint density at radius 2 is 2.14 bits per heavy atom. The SMILES string of the molecule is FC(F)(F)CCNc1ccncc1Br. The predicted octanol–water partition coefficient (Wildman–Crippen LogP) is 3.21. The lowest BCUT2D eigenvalue weighted by molar-refractivity contribution is -0.131. The Bertz CT molecular complexity index is 301. The highest BCUT2D eigenvalue weighted by Crippen LogP contribution is 2.22. The van der Waals surface area contributed by atoms with Gasteiger partial charge in [0, 0.05) is 18.9 Å². The van der Waals surface area contributed by atoms with Gasteiger partial charge in [-0.25, -0.2) is 0 Å². The molecule has 0 spiro atoms. The lowest BCUT2D eigenvalue weighted by atomic mass is 10.3. The molecule has 0 saturated carbocycles. The van der Waals surface area contributed by atoms with E-state index in [1.807, 2.05) is 0 Å². The topological polar surface area (TPSA) is 24.9 Å². The highest BCUT2D eigenvalue weighted by atomic mass is 79.9. The van der Waals surface area contributed by atoms with Crippen LogP contribution in [0.3, 0.4) is 0 Å². The lowest BCUT2D eigenvalue weighted by Crippen LogP contribution is -2.14. The van der Waals surface area contributed by atoms with Crippen LogP contribution in [0.25, 0.3) is 0 Å². The summed E-state index contributed by atoms with van der Waals surface area (Å²) in [5, 5.41) is 2.66. The van der Waals surface area contributed by atoms with Gasteiger partial charge in [-0.2, -0.15) is 13.2 Å². The van der Waals surface area contributed by atoms with Gasteiger partial charge in [-0.3, -0.25) is 4.98 Å². The summed E-state index contributed by atoms with van der Waals surface area (Å²) in [6.07, 6.45) is -1.93. The summed E-state index contributed by atoms with van der Waals surface area (Å²) >= 11 is 3.17. The zero-order valence-corrected chi connectivity index (χ0v) is 8.69. The number of hydrogen-bond acceptors (Lipinski definition) is 2. The summed E-state index contributed by atoms with van der Waals surface area (Å²) in [6.45, 7) is -0.133. The minimum absolute atomic E-state index is 0.133. The fourth-order valence-electron chi connectivity index (χ4n) is 0.857. The number of alkyl halides is 3. The molecule has 0 radical (unpaired) electrons. The molecule has 0 fully saturated rings. The van der Waals surface area contributed by atoms with E-state index in [9.17, 15) is 13.2 Å². The molecule has 1 rings (SSSR count). The van der Waals surface area contributed by atoms with E-state index in [2.05, 4.69) is 26.2 Å². The molecule has 0 saturated heterocycles. The number of rotatable bonds is 3. The number of pyridine rings is 1. The second kappa shape index (κ2) is 4.63. The van der Waals surface area contributed by atoms with E-state index in [4.69, 9.17) is 0 Å². The van der Waals surface area contributed by atoms with E-state index in [-0.39, 0.29) is 6.54 Å². The first-order chi connectivity index (χ1) is 6.49. The molecule has 0 aromatic carbocycles. The van der Waals surface area contributed by atoms with Gasteiger partial charge in [0.25, 0.3) is 0 Å². The first-order valence-corrected chi connectivity index (χ1v) is 4.68. The highest BCUT2D eigenvalue weighted by Gasteiger charge is 2.26. The van der Waals surface area contributed by atoms with E-state index in [1.165, 1.54) is 12.4 Å². The van der Waals surface area contributed by atoms with Crippen molar-refractivity contribution in [2.75, 3.05) is 11.9 Å². The third-order valence-corrected chi connectivity index (χ3v) is 2.13. The number of nitrogens with one attached hydrogen (secondary N) is 1. The molecule has 2 nitrogen and oxygen atoms in total. The first-order valence-electron chi connectivity index (χ1n) is 3.89. The Hall–Kier alpha value is -0.780. The van der Waals surface area contributed by atoms with Crippen molar-refractivity contribution < 1.29 is 13.2 Å². The summed E-state index contributed by atoms with van der Waals surface area (Å²) < 4.78 is 36.0. The van der Waals surface area contributed by atoms with Crippen molar-refractivity contribution in [2.45, 2.75) is 12.6 Å². The summed E-state index contributed by atoms with van der Waals surface area (Å²) in [4.78, 5) is 3.79. The van der Waals surface area contributed by atoms with Crippen molar-refractivity contribution in [1.29, 1.82) is 0 Å². The molecule has 1 N–H and O–H groups in total. The summed E-state index contributed by atoms with van der Waals surface area (Å²) in [5.74, 6) is 0. The van der Waals surface area contributed by atoms with Gasteiger partial charge in [0.1, 0.15) is 0 Å². The fraction of sp³-hybridized carbons (Fsp3) is 0.375. The van der Waals surface area contributed by atoms with Crippen LogP contribution in [0.1, 0.15) is 6.42 Å². The average molecular weight is 269 g/mol. The Kier molecular flexibility index (Phi) is 3.74. The van der Waals surface area contributed by atoms with Crippen LogP contribution in [0.2, 0.25) is 0 Å². The molecule has 6 heteroatoms. The third-order valence-electron chi connectivity index (χ3n) is 1.50. The summed E-state index contributed by atoms with van der Waals surface area (Å²) in [7, 11) is 0. The van der Waals surface area contributed by atoms with Crippen LogP contribution in [0.4, 0.5) is 18.9 Å². The quantitative estimate of drug-likeness (QED) is 0.911. The fourth-order valence-corrected chi connectivity index (χ4v) is 1.25. The molecule has 0 amide bonds. The normalized spacial score (nSPS) is 11.4. The van der Waals surface area contributed by atoms with E-state index in [0.717, 1.165) is 0 Å². The Morgan fingerprint density at radius 3 is 2.71 bits per heavy atom. The highest BCUT2D eigenvalue weighted by molar-refractivity contribution is 9.10. The Balaban J connectivity index is 2.43. The minimum Gasteiger partial charge on any atom is -0.384 e. The van der Waals surface area contributed by atoms with Crippen LogP contribution in [-0.2, 0) is 0 Å². The Labute approximate surface area is 87.7 Å². The van der Waals surface area contributed by atoms with E-state index >= 15 is 0 Å². The van der Waals surface area contributed by atoms with Crippen LogP contribution < -0.4 is 5.32 Å². The average Bonchev–Trinajstić information content (AvgIpc) is 2.06. The smallest absolute Gasteiger partial charge is 0.384 e. The van der Waals surface area contributed by atoms with Crippen molar-refractivity contribution in [2.24, 2.45) is 0 Å². The van der Waals surface area contributed by atoms with E-state index < -0.39 is 12.6 Å². The molecule has 14 heavy (non-hydrogen) atoms. The van der Waals surface area contributed by atoms with E-state index in [1.54, 1.807) is 6.07 Å². The van der Waals surface area contributed by atoms with Crippen molar-refractivity contribution in [3.63, 3.8) is 0 Å². The molecular weight excluding hydrogens is 261 g/mol. The molecule has 0 unspecified atom stereocenters. The molecule has 0 atom stereocenters. The van der Waals surface area contributed by atoms with Crippen molar-refractivity contribution in [3.05, 3.63) is 22.9 Å². The molecule has 0 aliphatic rings. The predicted molar refractivity (Wildman–Crippen MR) is 51.1 cm³/mol. The molecule has 1 aromatic heterocycles. The van der Waals surface area contributed by atoms with Crippen LogP contribution in [0, 0.1) is 0 Å².